The fourth-order valence-electron chi connectivity index (χ4n) is 6.40. The Balaban J connectivity index is 1.50. The van der Waals surface area contributed by atoms with Gasteiger partial charge in [0.1, 0.15) is 17.1 Å². The van der Waals surface area contributed by atoms with Crippen LogP contribution in [-0.2, 0) is 17.6 Å². The van der Waals surface area contributed by atoms with E-state index in [4.69, 9.17) is 4.52 Å². The van der Waals surface area contributed by atoms with E-state index in [0.717, 1.165) is 5.56 Å². The Bertz CT molecular complexity index is 1000. The number of rotatable bonds is 6. The highest BCUT2D eigenvalue weighted by Gasteiger charge is 2.65. The van der Waals surface area contributed by atoms with Gasteiger partial charge in [-0.2, -0.15) is 8.78 Å². The predicted molar refractivity (Wildman–Crippen MR) is 123 cm³/mol. The van der Waals surface area contributed by atoms with Crippen LogP contribution in [0.5, 0.6) is 0 Å². The summed E-state index contributed by atoms with van der Waals surface area (Å²) in [6.45, 7) is 7.71. The minimum absolute atomic E-state index is 0.122. The summed E-state index contributed by atoms with van der Waals surface area (Å²) in [5, 5.41) is 15.3. The second kappa shape index (κ2) is 8.70. The molecule has 0 spiro atoms. The molecule has 1 atom stereocenters. The van der Waals surface area contributed by atoms with Gasteiger partial charge in [0.05, 0.1) is 6.04 Å². The molecule has 0 bridgehead atoms. The van der Waals surface area contributed by atoms with Crippen LogP contribution in [0.15, 0.2) is 35.1 Å². The molecule has 186 valence electrons. The summed E-state index contributed by atoms with van der Waals surface area (Å²) in [6, 6.07) is 5.02. The van der Waals surface area contributed by atoms with E-state index < -0.39 is 34.3 Å². The molecular formula is C26H35F2N3O3. The van der Waals surface area contributed by atoms with Crippen LogP contribution in [-0.4, -0.2) is 44.1 Å². The zero-order valence-corrected chi connectivity index (χ0v) is 20.5. The fourth-order valence-corrected chi connectivity index (χ4v) is 6.40. The largest absolute Gasteiger partial charge is 0.383 e. The first-order valence-corrected chi connectivity index (χ1v) is 12.1. The number of aromatic nitrogens is 2. The van der Waals surface area contributed by atoms with Crippen molar-refractivity contribution in [2.45, 2.75) is 90.2 Å². The molecule has 6 nitrogen and oxygen atoms in total. The topological polar surface area (TPSA) is 79.5 Å². The van der Waals surface area contributed by atoms with Crippen LogP contribution in [0.3, 0.4) is 0 Å². The van der Waals surface area contributed by atoms with Crippen LogP contribution >= 0.6 is 0 Å². The normalized spacial score (nSPS) is 23.7. The number of halogens is 2. The van der Waals surface area contributed by atoms with Crippen molar-refractivity contribution in [1.82, 2.24) is 15.0 Å². The van der Waals surface area contributed by atoms with Crippen molar-refractivity contribution < 1.29 is 23.2 Å². The molecular weight excluding hydrogens is 440 g/mol. The number of nitrogens with zero attached hydrogens (tertiary/aromatic N) is 3. The van der Waals surface area contributed by atoms with E-state index in [2.05, 4.69) is 10.1 Å². The number of alkyl halides is 2. The highest BCUT2D eigenvalue weighted by atomic mass is 19.3. The first kappa shape index (κ1) is 24.8. The van der Waals surface area contributed by atoms with Crippen molar-refractivity contribution in [3.63, 3.8) is 0 Å². The summed E-state index contributed by atoms with van der Waals surface area (Å²) in [4.78, 5) is 18.5. The first-order chi connectivity index (χ1) is 15.8. The van der Waals surface area contributed by atoms with Crippen LogP contribution in [0.25, 0.3) is 0 Å². The molecule has 1 N–H and O–H groups in total. The zero-order chi connectivity index (χ0) is 24.8. The van der Waals surface area contributed by atoms with Gasteiger partial charge in [0, 0.05) is 31.4 Å². The van der Waals surface area contributed by atoms with Gasteiger partial charge in [-0.05, 0) is 61.0 Å². The maximum absolute atomic E-state index is 15.7. The van der Waals surface area contributed by atoms with Crippen molar-refractivity contribution in [3.05, 3.63) is 47.6 Å². The minimum atomic E-state index is -3.89. The number of carbonyl (C=O) groups is 1. The molecule has 2 aromatic rings. The van der Waals surface area contributed by atoms with Crippen molar-refractivity contribution in [1.29, 1.82) is 0 Å². The molecule has 2 aromatic heterocycles. The third kappa shape index (κ3) is 4.88. The van der Waals surface area contributed by atoms with E-state index in [-0.39, 0.29) is 19.4 Å². The fraction of sp³-hybridized carbons (Fsp3) is 0.654. The molecule has 8 heteroatoms. The lowest BCUT2D eigenvalue weighted by Gasteiger charge is -2.51. The number of carbonyl (C=O) groups excluding carboxylic acids is 1. The zero-order valence-electron chi connectivity index (χ0n) is 20.5. The van der Waals surface area contributed by atoms with Gasteiger partial charge in [-0.1, -0.05) is 38.9 Å². The van der Waals surface area contributed by atoms with E-state index in [9.17, 15) is 9.90 Å². The molecule has 1 saturated heterocycles. The number of hydrogen-bond acceptors (Lipinski definition) is 5. The van der Waals surface area contributed by atoms with Crippen molar-refractivity contribution in [2.24, 2.45) is 10.8 Å². The van der Waals surface area contributed by atoms with Gasteiger partial charge >= 0.3 is 5.92 Å². The first-order valence-electron chi connectivity index (χ1n) is 12.1. The molecule has 0 aromatic carbocycles. The van der Waals surface area contributed by atoms with Gasteiger partial charge in [-0.15, -0.1) is 0 Å². The molecule has 2 fully saturated rings. The average Bonchev–Trinajstić information content (AvgIpc) is 3.39. The van der Waals surface area contributed by atoms with Gasteiger partial charge < -0.3 is 14.5 Å². The molecule has 34 heavy (non-hydrogen) atoms. The number of amides is 1. The Morgan fingerprint density at radius 3 is 2.56 bits per heavy atom. The molecule has 1 aliphatic carbocycles. The van der Waals surface area contributed by atoms with Crippen LogP contribution in [0.1, 0.15) is 82.9 Å². The summed E-state index contributed by atoms with van der Waals surface area (Å²) in [5.74, 6) is -4.57. The van der Waals surface area contributed by atoms with E-state index in [1.54, 1.807) is 18.5 Å². The second-order valence-electron chi connectivity index (χ2n) is 11.7. The third-order valence-corrected chi connectivity index (χ3v) is 7.17. The number of likely N-dealkylation sites (tertiary alicyclic amines) is 1. The number of hydrogen-bond donors (Lipinski definition) is 1. The summed E-state index contributed by atoms with van der Waals surface area (Å²) >= 11 is 0. The van der Waals surface area contributed by atoms with Crippen LogP contribution < -0.4 is 0 Å². The maximum atomic E-state index is 15.7. The lowest BCUT2D eigenvalue weighted by Crippen LogP contribution is -2.62. The van der Waals surface area contributed by atoms with Crippen LogP contribution in [0, 0.1) is 10.8 Å². The van der Waals surface area contributed by atoms with E-state index in [0.29, 0.717) is 43.6 Å². The van der Waals surface area contributed by atoms with Gasteiger partial charge in [0.15, 0.2) is 0 Å². The predicted octanol–water partition coefficient (Wildman–Crippen LogP) is 5.12. The van der Waals surface area contributed by atoms with Crippen LogP contribution in [0.2, 0.25) is 0 Å². The average molecular weight is 476 g/mol. The number of pyridine rings is 1. The van der Waals surface area contributed by atoms with Gasteiger partial charge in [-0.3, -0.25) is 9.78 Å². The molecule has 0 unspecified atom stereocenters. The van der Waals surface area contributed by atoms with Crippen molar-refractivity contribution in [3.8, 4) is 0 Å². The molecule has 4 rings (SSSR count). The molecule has 1 saturated carbocycles. The summed E-state index contributed by atoms with van der Waals surface area (Å²) in [7, 11) is 0. The Hall–Kier alpha value is -2.35. The van der Waals surface area contributed by atoms with Crippen molar-refractivity contribution in [2.75, 3.05) is 6.54 Å². The lowest BCUT2D eigenvalue weighted by atomic mass is 9.58. The Labute approximate surface area is 199 Å². The maximum Gasteiger partial charge on any atom is 0.352 e. The molecule has 1 amide bonds. The van der Waals surface area contributed by atoms with Crippen LogP contribution in [0.4, 0.5) is 8.78 Å². The van der Waals surface area contributed by atoms with Gasteiger partial charge in [-0.25, -0.2) is 0 Å². The molecule has 3 heterocycles. The quantitative estimate of drug-likeness (QED) is 0.627. The van der Waals surface area contributed by atoms with Gasteiger partial charge in [0.25, 0.3) is 5.91 Å². The highest BCUT2D eigenvalue weighted by Crippen LogP contribution is 2.55. The Morgan fingerprint density at radius 2 is 1.91 bits per heavy atom. The van der Waals surface area contributed by atoms with E-state index >= 15 is 8.78 Å². The van der Waals surface area contributed by atoms with E-state index in [1.807, 2.05) is 39.8 Å². The van der Waals surface area contributed by atoms with Crippen molar-refractivity contribution >= 4 is 5.91 Å². The van der Waals surface area contributed by atoms with Gasteiger partial charge in [0.2, 0.25) is 0 Å². The van der Waals surface area contributed by atoms with E-state index in [1.165, 1.54) is 4.90 Å². The number of aliphatic hydroxyl groups is 1. The minimum Gasteiger partial charge on any atom is -0.383 e. The SMILES string of the molecule is CC1(C)CC(C)(C)CC(O)(C(F)(F)C(=O)N2CCC[C@H]2c2cc(CCc3cccnc3)on2)C1. The Kier molecular flexibility index (Phi) is 6.34. The lowest BCUT2D eigenvalue weighted by molar-refractivity contribution is -0.231. The molecule has 0 radical (unpaired) electrons. The summed E-state index contributed by atoms with van der Waals surface area (Å²) in [6.07, 6.45) is 6.40. The highest BCUT2D eigenvalue weighted by molar-refractivity contribution is 5.85. The smallest absolute Gasteiger partial charge is 0.352 e. The second-order valence-corrected chi connectivity index (χ2v) is 11.7. The number of aryl methyl sites for hydroxylation is 2. The molecule has 2 aliphatic rings. The monoisotopic (exact) mass is 475 g/mol. The third-order valence-electron chi connectivity index (χ3n) is 7.17. The summed E-state index contributed by atoms with van der Waals surface area (Å²) in [5.41, 5.74) is -1.84. The standard InChI is InChI=1S/C26H35F2N3O3/c1-23(2)15-24(3,4)17-25(33,16-23)26(27,28)22(32)31-12-6-8-21(31)20-13-19(34-30-20)10-9-18-7-5-11-29-14-18/h5,7,11,13-14,21,33H,6,8-10,12,15-17H2,1-4H3/t21-/m0/s1. The Morgan fingerprint density at radius 1 is 1.21 bits per heavy atom. The summed E-state index contributed by atoms with van der Waals surface area (Å²) < 4.78 is 36.9. The molecule has 1 aliphatic heterocycles.